The summed E-state index contributed by atoms with van der Waals surface area (Å²) in [4.78, 5) is 44.3. The second kappa shape index (κ2) is 9.91. The van der Waals surface area contributed by atoms with Crippen LogP contribution in [0.2, 0.25) is 5.02 Å². The van der Waals surface area contributed by atoms with Gasteiger partial charge < -0.3 is 24.4 Å². The second-order valence-electron chi connectivity index (χ2n) is 9.76. The molecule has 2 bridgehead atoms. The van der Waals surface area contributed by atoms with Crippen molar-refractivity contribution in [3.63, 3.8) is 0 Å². The van der Waals surface area contributed by atoms with Crippen molar-refractivity contribution in [3.05, 3.63) is 41.9 Å². The Morgan fingerprint density at radius 2 is 2.06 bits per heavy atom. The molecule has 1 spiro atoms. The van der Waals surface area contributed by atoms with Crippen molar-refractivity contribution in [2.75, 3.05) is 24.7 Å². The molecular weight excluding hydrogens is 472 g/mol. The molecule has 0 radical (unpaired) electrons. The Kier molecular flexibility index (Phi) is 7.27. The number of benzene rings is 1. The summed E-state index contributed by atoms with van der Waals surface area (Å²) < 4.78 is 11.7. The van der Waals surface area contributed by atoms with E-state index in [1.807, 2.05) is 13.8 Å². The van der Waals surface area contributed by atoms with Crippen LogP contribution in [0, 0.1) is 17.8 Å². The number of nitrogens with zero attached hydrogens (tertiary/aromatic N) is 2. The van der Waals surface area contributed by atoms with Crippen molar-refractivity contribution in [3.8, 4) is 0 Å². The number of rotatable bonds is 9. The molecule has 2 unspecified atom stereocenters. The van der Waals surface area contributed by atoms with Gasteiger partial charge in [-0.3, -0.25) is 14.4 Å². The van der Waals surface area contributed by atoms with Gasteiger partial charge in [0.2, 0.25) is 5.91 Å². The molecule has 3 aliphatic rings. The number of fused-ring (bicyclic) bond motifs is 1. The number of carbonyl (C=O) groups excluding carboxylic acids is 3. The van der Waals surface area contributed by atoms with Crippen LogP contribution in [0.25, 0.3) is 0 Å². The number of hydrogen-bond acceptors (Lipinski definition) is 6. The quantitative estimate of drug-likeness (QED) is 0.410. The van der Waals surface area contributed by atoms with Crippen LogP contribution in [0.15, 0.2) is 36.9 Å². The van der Waals surface area contributed by atoms with E-state index in [0.29, 0.717) is 23.6 Å². The van der Waals surface area contributed by atoms with Gasteiger partial charge in [-0.2, -0.15) is 0 Å². The maximum atomic E-state index is 14.3. The molecule has 8 nitrogen and oxygen atoms in total. The van der Waals surface area contributed by atoms with Crippen molar-refractivity contribution in [1.29, 1.82) is 0 Å². The summed E-state index contributed by atoms with van der Waals surface area (Å²) in [5.41, 5.74) is -0.559. The number of anilines is 1. The van der Waals surface area contributed by atoms with Crippen molar-refractivity contribution in [2.45, 2.75) is 57.4 Å². The van der Waals surface area contributed by atoms with E-state index < -0.39 is 41.6 Å². The molecule has 0 aliphatic carbocycles. The second-order valence-corrected chi connectivity index (χ2v) is 10.2. The van der Waals surface area contributed by atoms with Crippen LogP contribution in [0.4, 0.5) is 5.69 Å². The molecule has 3 fully saturated rings. The van der Waals surface area contributed by atoms with Crippen molar-refractivity contribution in [2.24, 2.45) is 17.8 Å². The number of aliphatic hydroxyl groups is 1. The predicted octanol–water partition coefficient (Wildman–Crippen LogP) is 2.81. The maximum absolute atomic E-state index is 14.3. The highest BCUT2D eigenvalue weighted by atomic mass is 35.5. The van der Waals surface area contributed by atoms with Gasteiger partial charge in [0.25, 0.3) is 5.91 Å². The fourth-order valence-electron chi connectivity index (χ4n) is 6.07. The van der Waals surface area contributed by atoms with E-state index in [2.05, 4.69) is 6.58 Å². The molecule has 4 rings (SSSR count). The number of carbonyl (C=O) groups is 3. The van der Waals surface area contributed by atoms with Gasteiger partial charge in [0.1, 0.15) is 11.6 Å². The zero-order valence-electron chi connectivity index (χ0n) is 20.4. The zero-order valence-corrected chi connectivity index (χ0v) is 21.1. The number of ether oxygens (including phenoxy) is 2. The molecule has 1 N–H and O–H groups in total. The summed E-state index contributed by atoms with van der Waals surface area (Å²) in [7, 11) is 0. The van der Waals surface area contributed by atoms with Crippen molar-refractivity contribution in [1.82, 2.24) is 4.90 Å². The van der Waals surface area contributed by atoms with Gasteiger partial charge in [0.15, 0.2) is 0 Å². The lowest BCUT2D eigenvalue weighted by Gasteiger charge is -2.40. The molecule has 3 heterocycles. The number of aliphatic hydroxyl groups excluding tert-OH is 1. The van der Waals surface area contributed by atoms with Gasteiger partial charge in [-0.15, -0.1) is 6.58 Å². The molecule has 190 valence electrons. The third-order valence-electron chi connectivity index (χ3n) is 7.56. The number of amides is 2. The summed E-state index contributed by atoms with van der Waals surface area (Å²) in [6, 6.07) is 5.24. The van der Waals surface area contributed by atoms with Gasteiger partial charge in [0, 0.05) is 17.3 Å². The highest BCUT2D eigenvalue weighted by Gasteiger charge is 2.75. The van der Waals surface area contributed by atoms with Gasteiger partial charge in [-0.1, -0.05) is 31.5 Å². The predicted molar refractivity (Wildman–Crippen MR) is 131 cm³/mol. The van der Waals surface area contributed by atoms with Crippen LogP contribution in [0.1, 0.15) is 33.6 Å². The molecule has 0 aromatic heterocycles. The third-order valence-corrected chi connectivity index (χ3v) is 7.81. The minimum Gasteiger partial charge on any atom is -0.466 e. The minimum atomic E-state index is -1.16. The molecule has 35 heavy (non-hydrogen) atoms. The van der Waals surface area contributed by atoms with E-state index in [9.17, 15) is 19.5 Å². The fourth-order valence-corrected chi connectivity index (χ4v) is 6.20. The van der Waals surface area contributed by atoms with Gasteiger partial charge in [-0.05, 0) is 49.9 Å². The highest BCUT2D eigenvalue weighted by molar-refractivity contribution is 6.30. The summed E-state index contributed by atoms with van der Waals surface area (Å²) in [6.45, 7) is 9.39. The lowest BCUT2D eigenvalue weighted by Crippen LogP contribution is -2.59. The molecule has 3 saturated heterocycles. The van der Waals surface area contributed by atoms with Crippen molar-refractivity contribution < 1.29 is 29.0 Å². The molecule has 6 atom stereocenters. The van der Waals surface area contributed by atoms with Gasteiger partial charge in [-0.25, -0.2) is 0 Å². The van der Waals surface area contributed by atoms with Crippen LogP contribution < -0.4 is 4.90 Å². The Morgan fingerprint density at radius 1 is 1.37 bits per heavy atom. The average Bonchev–Trinajstić information content (AvgIpc) is 3.46. The summed E-state index contributed by atoms with van der Waals surface area (Å²) in [5.74, 6) is -2.89. The first-order chi connectivity index (χ1) is 16.7. The van der Waals surface area contributed by atoms with Crippen molar-refractivity contribution >= 4 is 35.1 Å². The maximum Gasteiger partial charge on any atom is 0.312 e. The normalized spacial score (nSPS) is 29.9. The highest BCUT2D eigenvalue weighted by Crippen LogP contribution is 2.59. The number of hydrogen-bond donors (Lipinski definition) is 1. The van der Waals surface area contributed by atoms with Gasteiger partial charge in [0.05, 0.1) is 37.2 Å². The SMILES string of the molecule is C=CCN(C(=O)C1N([C@@H](CO)C(C)C)C(=O)[C@@H]2[C@H](C(=O)OCC)[C@@H]3CCC12O3)c1ccc(Cl)cc1. The van der Waals surface area contributed by atoms with E-state index in [1.165, 1.54) is 4.90 Å². The number of esters is 1. The topological polar surface area (TPSA) is 96.4 Å². The van der Waals surface area contributed by atoms with E-state index in [4.69, 9.17) is 21.1 Å². The lowest BCUT2D eigenvalue weighted by atomic mass is 9.70. The summed E-state index contributed by atoms with van der Waals surface area (Å²) >= 11 is 6.06. The molecule has 3 aliphatic heterocycles. The minimum absolute atomic E-state index is 0.129. The van der Waals surface area contributed by atoms with Crippen LogP contribution in [-0.2, 0) is 23.9 Å². The fraction of sp³-hybridized carbons (Fsp3) is 0.577. The van der Waals surface area contributed by atoms with Crippen LogP contribution >= 0.6 is 11.6 Å². The third kappa shape index (κ3) is 4.05. The van der Waals surface area contributed by atoms with E-state index in [1.54, 1.807) is 42.2 Å². The smallest absolute Gasteiger partial charge is 0.312 e. The first kappa shape index (κ1) is 25.7. The molecule has 9 heteroatoms. The molecular formula is C26H33ClN2O6. The Hall–Kier alpha value is -2.42. The standard InChI is InChI=1S/C26H33ClN2O6/c1-5-13-28(17-9-7-16(27)8-10-17)24(32)22-26-12-11-19(35-26)20(25(33)34-6-2)21(26)23(31)29(22)18(14-30)15(3)4/h5,7-10,15,18-22,30H,1,6,11-14H2,2-4H3/t18-,19-,20+,21-,22?,26?/m0/s1. The van der Waals surface area contributed by atoms with Crippen LogP contribution in [-0.4, -0.2) is 71.3 Å². The lowest BCUT2D eigenvalue weighted by molar-refractivity contribution is -0.155. The Bertz CT molecular complexity index is 998. The van der Waals surface area contributed by atoms with E-state index in [-0.39, 0.29) is 37.5 Å². The van der Waals surface area contributed by atoms with Crippen LogP contribution in [0.3, 0.4) is 0 Å². The monoisotopic (exact) mass is 504 g/mol. The first-order valence-electron chi connectivity index (χ1n) is 12.2. The molecule has 1 aromatic carbocycles. The summed E-state index contributed by atoms with van der Waals surface area (Å²) in [6.07, 6.45) is 2.16. The number of halogens is 1. The van der Waals surface area contributed by atoms with E-state index in [0.717, 1.165) is 0 Å². The Labute approximate surface area is 210 Å². The van der Waals surface area contributed by atoms with Gasteiger partial charge >= 0.3 is 5.97 Å². The first-order valence-corrected chi connectivity index (χ1v) is 12.5. The average molecular weight is 505 g/mol. The molecule has 0 saturated carbocycles. The zero-order chi connectivity index (χ0) is 25.5. The number of likely N-dealkylation sites (tertiary alicyclic amines) is 1. The molecule has 2 amide bonds. The van der Waals surface area contributed by atoms with Crippen LogP contribution in [0.5, 0.6) is 0 Å². The Morgan fingerprint density at radius 3 is 2.63 bits per heavy atom. The largest absolute Gasteiger partial charge is 0.466 e. The van der Waals surface area contributed by atoms with E-state index >= 15 is 0 Å². The molecule has 1 aromatic rings. The Balaban J connectivity index is 1.82. The summed E-state index contributed by atoms with van der Waals surface area (Å²) in [5, 5.41) is 10.8.